The summed E-state index contributed by atoms with van der Waals surface area (Å²) in [5, 5.41) is 0. The summed E-state index contributed by atoms with van der Waals surface area (Å²) in [6.45, 7) is 6.28. The van der Waals surface area contributed by atoms with Gasteiger partial charge in [0.15, 0.2) is 0 Å². The fraction of sp³-hybridized carbons (Fsp3) is 0.294. The molecule has 0 aliphatic heterocycles. The highest BCUT2D eigenvalue weighted by atomic mass is 14.1. The van der Waals surface area contributed by atoms with E-state index < -0.39 is 0 Å². The van der Waals surface area contributed by atoms with Gasteiger partial charge < -0.3 is 0 Å². The molecule has 0 amide bonds. The minimum atomic E-state index is 0.591. The van der Waals surface area contributed by atoms with Crippen LogP contribution in [0.15, 0.2) is 60.7 Å². The Morgan fingerprint density at radius 1 is 0.765 bits per heavy atom. The van der Waals surface area contributed by atoms with Crippen LogP contribution in [0.25, 0.3) is 0 Å². The molecule has 2 rings (SSSR count). The van der Waals surface area contributed by atoms with Gasteiger partial charge in [0, 0.05) is 0 Å². The maximum atomic E-state index is 2.28. The molecule has 0 aliphatic carbocycles. The second-order valence-electron chi connectivity index (χ2n) is 4.00. The zero-order valence-electron chi connectivity index (χ0n) is 11.1. The fourth-order valence-corrected chi connectivity index (χ4v) is 1.87. The van der Waals surface area contributed by atoms with Gasteiger partial charge in [-0.3, -0.25) is 0 Å². The molecule has 1 atom stereocenters. The molecule has 0 radical (unpaired) electrons. The third kappa shape index (κ3) is 4.44. The van der Waals surface area contributed by atoms with Gasteiger partial charge in [-0.1, -0.05) is 81.4 Å². The van der Waals surface area contributed by atoms with E-state index in [9.17, 15) is 0 Å². The van der Waals surface area contributed by atoms with E-state index in [0.29, 0.717) is 5.92 Å². The largest absolute Gasteiger partial charge is 0.0683 e. The Morgan fingerprint density at radius 2 is 1.24 bits per heavy atom. The summed E-state index contributed by atoms with van der Waals surface area (Å²) in [6, 6.07) is 21.4. The predicted molar refractivity (Wildman–Crippen MR) is 76.4 cm³/mol. The average Bonchev–Trinajstić information content (AvgIpc) is 2.43. The molecule has 0 heteroatoms. The Balaban J connectivity index is 0.000000686. The lowest BCUT2D eigenvalue weighted by molar-refractivity contribution is 0.759. The lowest BCUT2D eigenvalue weighted by atomic mass is 9.94. The van der Waals surface area contributed by atoms with Crippen LogP contribution in [-0.2, 0) is 6.42 Å². The maximum Gasteiger partial charge on any atom is -0.0150 e. The van der Waals surface area contributed by atoms with Gasteiger partial charge >= 0.3 is 0 Å². The zero-order valence-corrected chi connectivity index (χ0v) is 11.1. The smallest absolute Gasteiger partial charge is 0.0150 e. The molecule has 0 aromatic heterocycles. The van der Waals surface area contributed by atoms with E-state index in [4.69, 9.17) is 0 Å². The van der Waals surface area contributed by atoms with Gasteiger partial charge in [0.2, 0.25) is 0 Å². The van der Waals surface area contributed by atoms with Crippen molar-refractivity contribution >= 4 is 0 Å². The Hall–Kier alpha value is -1.56. The summed E-state index contributed by atoms with van der Waals surface area (Å²) in [7, 11) is 0. The maximum absolute atomic E-state index is 2.28. The zero-order chi connectivity index (χ0) is 12.5. The lowest BCUT2D eigenvalue weighted by Gasteiger charge is -2.11. The van der Waals surface area contributed by atoms with E-state index in [1.165, 1.54) is 11.1 Å². The quantitative estimate of drug-likeness (QED) is 0.686. The highest BCUT2D eigenvalue weighted by Gasteiger charge is 2.04. The van der Waals surface area contributed by atoms with Crippen LogP contribution >= 0.6 is 0 Å². The molecule has 0 N–H and O–H groups in total. The van der Waals surface area contributed by atoms with Crippen LogP contribution in [0.5, 0.6) is 0 Å². The summed E-state index contributed by atoms with van der Waals surface area (Å²) in [5.41, 5.74) is 2.83. The molecular weight excluding hydrogens is 204 g/mol. The van der Waals surface area contributed by atoms with Gasteiger partial charge in [-0.2, -0.15) is 0 Å². The third-order valence-electron chi connectivity index (χ3n) is 2.75. The molecule has 0 spiro atoms. The summed E-state index contributed by atoms with van der Waals surface area (Å²) < 4.78 is 0. The molecule has 0 bridgehead atoms. The van der Waals surface area contributed by atoms with Crippen molar-refractivity contribution in [1.29, 1.82) is 0 Å². The van der Waals surface area contributed by atoms with E-state index >= 15 is 0 Å². The van der Waals surface area contributed by atoms with Gasteiger partial charge in [-0.15, -0.1) is 0 Å². The van der Waals surface area contributed by atoms with Crippen molar-refractivity contribution in [2.75, 3.05) is 0 Å². The van der Waals surface area contributed by atoms with Crippen molar-refractivity contribution < 1.29 is 0 Å². The van der Waals surface area contributed by atoms with E-state index in [-0.39, 0.29) is 0 Å². The normalized spacial score (nSPS) is 11.2. The fourth-order valence-electron chi connectivity index (χ4n) is 1.87. The van der Waals surface area contributed by atoms with Crippen molar-refractivity contribution in [3.8, 4) is 0 Å². The third-order valence-corrected chi connectivity index (χ3v) is 2.75. The molecule has 17 heavy (non-hydrogen) atoms. The monoisotopic (exact) mass is 226 g/mol. The molecular formula is C17H22. The highest BCUT2D eigenvalue weighted by Crippen LogP contribution is 2.19. The minimum Gasteiger partial charge on any atom is -0.0683 e. The topological polar surface area (TPSA) is 0 Å². The molecule has 0 fully saturated rings. The number of rotatable bonds is 3. The van der Waals surface area contributed by atoms with E-state index in [1.807, 2.05) is 13.8 Å². The molecule has 0 heterocycles. The van der Waals surface area contributed by atoms with Crippen molar-refractivity contribution in [2.24, 2.45) is 0 Å². The first-order chi connectivity index (χ1) is 8.36. The van der Waals surface area contributed by atoms with Crippen molar-refractivity contribution in [2.45, 2.75) is 33.1 Å². The molecule has 0 saturated carbocycles. The summed E-state index contributed by atoms with van der Waals surface area (Å²) in [4.78, 5) is 0. The van der Waals surface area contributed by atoms with E-state index in [1.54, 1.807) is 0 Å². The number of benzene rings is 2. The van der Waals surface area contributed by atoms with Crippen LogP contribution in [0, 0.1) is 0 Å². The van der Waals surface area contributed by atoms with Gasteiger partial charge in [0.05, 0.1) is 0 Å². The molecule has 0 unspecified atom stereocenters. The molecule has 0 aliphatic rings. The second kappa shape index (κ2) is 7.67. The molecule has 2 aromatic rings. The summed E-state index contributed by atoms with van der Waals surface area (Å²) >= 11 is 0. The van der Waals surface area contributed by atoms with Crippen molar-refractivity contribution in [3.63, 3.8) is 0 Å². The first-order valence-electron chi connectivity index (χ1n) is 6.45. The first kappa shape index (κ1) is 13.5. The van der Waals surface area contributed by atoms with Crippen LogP contribution < -0.4 is 0 Å². The van der Waals surface area contributed by atoms with E-state index in [0.717, 1.165) is 6.42 Å². The molecule has 90 valence electrons. The highest BCUT2D eigenvalue weighted by molar-refractivity contribution is 5.23. The molecule has 0 saturated heterocycles. The van der Waals surface area contributed by atoms with Gasteiger partial charge in [-0.25, -0.2) is 0 Å². The van der Waals surface area contributed by atoms with Crippen LogP contribution in [0.3, 0.4) is 0 Å². The standard InChI is InChI=1S/C15H16.C2H6/c1-13(15-10-6-3-7-11-15)12-14-8-4-2-5-9-14;1-2/h2-11,13H,12H2,1H3;1-2H3/t13-;/m0./s1. The van der Waals surface area contributed by atoms with Crippen LogP contribution in [0.4, 0.5) is 0 Å². The SMILES string of the molecule is CC.C[C@@H](Cc1ccccc1)c1ccccc1. The first-order valence-corrected chi connectivity index (χ1v) is 6.45. The van der Waals surface area contributed by atoms with Crippen molar-refractivity contribution in [1.82, 2.24) is 0 Å². The summed E-state index contributed by atoms with van der Waals surface area (Å²) in [6.07, 6.45) is 1.12. The molecule has 0 nitrogen and oxygen atoms in total. The van der Waals surface area contributed by atoms with Crippen LogP contribution in [0.2, 0.25) is 0 Å². The Kier molecular flexibility index (Phi) is 6.09. The average molecular weight is 226 g/mol. The van der Waals surface area contributed by atoms with Gasteiger partial charge in [-0.05, 0) is 23.5 Å². The number of hydrogen-bond donors (Lipinski definition) is 0. The van der Waals surface area contributed by atoms with Gasteiger partial charge in [0.1, 0.15) is 0 Å². The Morgan fingerprint density at radius 3 is 1.76 bits per heavy atom. The van der Waals surface area contributed by atoms with Crippen LogP contribution in [-0.4, -0.2) is 0 Å². The predicted octanol–water partition coefficient (Wildman–Crippen LogP) is 5.06. The second-order valence-corrected chi connectivity index (χ2v) is 4.00. The van der Waals surface area contributed by atoms with Crippen LogP contribution in [0.1, 0.15) is 37.8 Å². The molecule has 2 aromatic carbocycles. The Bertz CT molecular complexity index is 389. The van der Waals surface area contributed by atoms with Gasteiger partial charge in [0.25, 0.3) is 0 Å². The number of hydrogen-bond acceptors (Lipinski definition) is 0. The van der Waals surface area contributed by atoms with E-state index in [2.05, 4.69) is 67.6 Å². The lowest BCUT2D eigenvalue weighted by Crippen LogP contribution is -1.97. The Labute approximate surface area is 105 Å². The summed E-state index contributed by atoms with van der Waals surface area (Å²) in [5.74, 6) is 0.591. The van der Waals surface area contributed by atoms with Crippen molar-refractivity contribution in [3.05, 3.63) is 71.8 Å². The minimum absolute atomic E-state index is 0.591.